The zero-order valence-electron chi connectivity index (χ0n) is 26.5. The molecular weight excluding hydrogens is 641 g/mol. The molecule has 0 saturated carbocycles. The molecule has 10 heteroatoms. The second-order valence-corrected chi connectivity index (χ2v) is 14.1. The van der Waals surface area contributed by atoms with Crippen LogP contribution in [0.25, 0.3) is 0 Å². The predicted molar refractivity (Wildman–Crippen MR) is 186 cm³/mol. The fourth-order valence-electron chi connectivity index (χ4n) is 5.19. The highest BCUT2D eigenvalue weighted by Crippen LogP contribution is 2.29. The van der Waals surface area contributed by atoms with Gasteiger partial charge >= 0.3 is 0 Å². The third-order valence-electron chi connectivity index (χ3n) is 7.67. The molecule has 0 radical (unpaired) electrons. The van der Waals surface area contributed by atoms with Gasteiger partial charge in [-0.05, 0) is 74.2 Å². The van der Waals surface area contributed by atoms with Gasteiger partial charge in [0.15, 0.2) is 0 Å². The van der Waals surface area contributed by atoms with Crippen molar-refractivity contribution in [2.75, 3.05) is 17.4 Å². The van der Waals surface area contributed by atoms with Gasteiger partial charge in [-0.15, -0.1) is 0 Å². The van der Waals surface area contributed by atoms with Crippen LogP contribution in [-0.4, -0.2) is 44.3 Å². The molecule has 0 bridgehead atoms. The van der Waals surface area contributed by atoms with Crippen LogP contribution < -0.4 is 9.62 Å². The summed E-state index contributed by atoms with van der Waals surface area (Å²) in [5.41, 5.74) is 4.43. The van der Waals surface area contributed by atoms with E-state index >= 15 is 0 Å². The number of amides is 2. The number of sulfonamides is 1. The summed E-state index contributed by atoms with van der Waals surface area (Å²) in [5.74, 6) is -0.882. The Morgan fingerprint density at radius 3 is 2.11 bits per heavy atom. The van der Waals surface area contributed by atoms with E-state index in [0.29, 0.717) is 39.8 Å². The van der Waals surface area contributed by atoms with Crippen molar-refractivity contribution >= 4 is 50.7 Å². The van der Waals surface area contributed by atoms with Gasteiger partial charge in [0.25, 0.3) is 10.0 Å². The summed E-state index contributed by atoms with van der Waals surface area (Å²) in [4.78, 5) is 29.9. The van der Waals surface area contributed by atoms with Gasteiger partial charge < -0.3 is 10.2 Å². The third-order valence-corrected chi connectivity index (χ3v) is 10.2. The molecule has 4 aromatic carbocycles. The summed E-state index contributed by atoms with van der Waals surface area (Å²) in [5, 5.41) is 3.61. The number of aryl methyl sites for hydroxylation is 3. The molecule has 1 atom stereocenters. The highest BCUT2D eigenvalue weighted by Gasteiger charge is 2.35. The highest BCUT2D eigenvalue weighted by molar-refractivity contribution is 7.92. The molecule has 0 heterocycles. The van der Waals surface area contributed by atoms with E-state index in [2.05, 4.69) is 5.32 Å². The van der Waals surface area contributed by atoms with E-state index in [1.165, 1.54) is 17.0 Å². The molecule has 1 unspecified atom stereocenters. The molecular formula is C36H39Cl2N3O4S. The van der Waals surface area contributed by atoms with Crippen molar-refractivity contribution in [1.82, 2.24) is 10.2 Å². The van der Waals surface area contributed by atoms with Gasteiger partial charge in [-0.2, -0.15) is 0 Å². The molecule has 46 heavy (non-hydrogen) atoms. The lowest BCUT2D eigenvalue weighted by Gasteiger charge is -2.34. The van der Waals surface area contributed by atoms with Crippen LogP contribution in [0.2, 0.25) is 10.0 Å². The fourth-order valence-corrected chi connectivity index (χ4v) is 6.99. The Labute approximate surface area is 282 Å². The molecule has 4 aromatic rings. The minimum atomic E-state index is -4.19. The maximum Gasteiger partial charge on any atom is 0.264 e. The van der Waals surface area contributed by atoms with E-state index in [0.717, 1.165) is 21.0 Å². The minimum absolute atomic E-state index is 0.00192. The molecule has 0 aliphatic carbocycles. The van der Waals surface area contributed by atoms with Crippen LogP contribution in [0.1, 0.15) is 41.2 Å². The largest absolute Gasteiger partial charge is 0.354 e. The zero-order valence-corrected chi connectivity index (χ0v) is 28.8. The lowest BCUT2D eigenvalue weighted by atomic mass is 10.0. The number of anilines is 1. The summed E-state index contributed by atoms with van der Waals surface area (Å²) in [7, 11) is -4.19. The Balaban J connectivity index is 1.83. The number of hydrogen-bond donors (Lipinski definition) is 1. The molecule has 1 N–H and O–H groups in total. The minimum Gasteiger partial charge on any atom is -0.354 e. The van der Waals surface area contributed by atoms with E-state index in [4.69, 9.17) is 23.2 Å². The van der Waals surface area contributed by atoms with Crippen molar-refractivity contribution in [3.05, 3.63) is 129 Å². The van der Waals surface area contributed by atoms with Crippen molar-refractivity contribution in [3.63, 3.8) is 0 Å². The average molecular weight is 681 g/mol. The molecule has 0 spiro atoms. The van der Waals surface area contributed by atoms with E-state index in [1.807, 2.05) is 70.2 Å². The Hall–Kier alpha value is -3.85. The van der Waals surface area contributed by atoms with Crippen molar-refractivity contribution in [1.29, 1.82) is 0 Å². The van der Waals surface area contributed by atoms with Crippen LogP contribution in [0.15, 0.2) is 95.9 Å². The first-order valence-corrected chi connectivity index (χ1v) is 17.3. The van der Waals surface area contributed by atoms with Crippen LogP contribution in [0, 0.1) is 20.8 Å². The number of rotatable bonds is 13. The van der Waals surface area contributed by atoms with Gasteiger partial charge in [-0.1, -0.05) is 102 Å². The topological polar surface area (TPSA) is 86.8 Å². The number of benzene rings is 4. The lowest BCUT2D eigenvalue weighted by molar-refractivity contribution is -0.140. The van der Waals surface area contributed by atoms with Crippen molar-refractivity contribution < 1.29 is 18.0 Å². The lowest BCUT2D eigenvalue weighted by Crippen LogP contribution is -2.53. The quantitative estimate of drug-likeness (QED) is 0.161. The molecule has 0 aromatic heterocycles. The Morgan fingerprint density at radius 1 is 0.804 bits per heavy atom. The third kappa shape index (κ3) is 8.69. The Kier molecular flexibility index (Phi) is 11.9. The summed E-state index contributed by atoms with van der Waals surface area (Å²) >= 11 is 12.5. The van der Waals surface area contributed by atoms with Gasteiger partial charge in [0, 0.05) is 19.5 Å². The monoisotopic (exact) mass is 679 g/mol. The first-order chi connectivity index (χ1) is 21.9. The fraction of sp³-hybridized carbons (Fsp3) is 0.278. The molecule has 0 aliphatic rings. The number of carbonyl (C=O) groups is 2. The second-order valence-electron chi connectivity index (χ2n) is 11.4. The molecule has 7 nitrogen and oxygen atoms in total. The van der Waals surface area contributed by atoms with Gasteiger partial charge in [0.1, 0.15) is 12.6 Å². The first-order valence-electron chi connectivity index (χ1n) is 15.1. The van der Waals surface area contributed by atoms with Crippen LogP contribution in [0.5, 0.6) is 0 Å². The van der Waals surface area contributed by atoms with E-state index in [-0.39, 0.29) is 23.8 Å². The normalized spacial score (nSPS) is 12.0. The number of carbonyl (C=O) groups excluding carboxylic acids is 2. The highest BCUT2D eigenvalue weighted by atomic mass is 35.5. The van der Waals surface area contributed by atoms with Crippen LogP contribution in [-0.2, 0) is 32.6 Å². The van der Waals surface area contributed by atoms with Crippen molar-refractivity contribution in [2.45, 2.75) is 58.0 Å². The molecule has 0 aliphatic heterocycles. The maximum atomic E-state index is 14.6. The van der Waals surface area contributed by atoms with Gasteiger partial charge in [0.2, 0.25) is 11.8 Å². The van der Waals surface area contributed by atoms with Crippen LogP contribution in [0.3, 0.4) is 0 Å². The van der Waals surface area contributed by atoms with Gasteiger partial charge in [-0.3, -0.25) is 13.9 Å². The second kappa shape index (κ2) is 15.6. The summed E-state index contributed by atoms with van der Waals surface area (Å²) in [6.45, 7) is 7.44. The standard InChI is InChI=1S/C36H39Cl2N3O4S/c1-5-19-39-36(43)34(22-28-9-7-6-8-10-28)40(23-29-14-17-31(37)32(38)21-29)35(42)24-41(33-18-13-26(3)20-27(33)4)46(44,45)30-15-11-25(2)12-16-30/h6-18,20-21,34H,5,19,22-24H2,1-4H3,(H,39,43). The number of hydrogen-bond acceptors (Lipinski definition) is 4. The number of nitrogens with one attached hydrogen (secondary N) is 1. The van der Waals surface area contributed by atoms with Gasteiger partial charge in [-0.25, -0.2) is 8.42 Å². The summed E-state index contributed by atoms with van der Waals surface area (Å²) < 4.78 is 29.7. The first kappa shape index (κ1) is 35.0. The van der Waals surface area contributed by atoms with Crippen LogP contribution in [0.4, 0.5) is 5.69 Å². The maximum absolute atomic E-state index is 14.6. The van der Waals surface area contributed by atoms with E-state index < -0.39 is 28.5 Å². The molecule has 0 saturated heterocycles. The molecule has 242 valence electrons. The van der Waals surface area contributed by atoms with Crippen molar-refractivity contribution in [3.8, 4) is 0 Å². The van der Waals surface area contributed by atoms with Gasteiger partial charge in [0.05, 0.1) is 20.6 Å². The predicted octanol–water partition coefficient (Wildman–Crippen LogP) is 7.28. The molecule has 2 amide bonds. The van der Waals surface area contributed by atoms with Crippen molar-refractivity contribution in [2.24, 2.45) is 0 Å². The van der Waals surface area contributed by atoms with E-state index in [9.17, 15) is 18.0 Å². The average Bonchev–Trinajstić information content (AvgIpc) is 3.03. The SMILES string of the molecule is CCCNC(=O)C(Cc1ccccc1)N(Cc1ccc(Cl)c(Cl)c1)C(=O)CN(c1ccc(C)cc1C)S(=O)(=O)c1ccc(C)cc1. The number of nitrogens with zero attached hydrogens (tertiary/aromatic N) is 2. The number of halogens is 2. The smallest absolute Gasteiger partial charge is 0.264 e. The van der Waals surface area contributed by atoms with Crippen LogP contribution >= 0.6 is 23.2 Å². The summed E-state index contributed by atoms with van der Waals surface area (Å²) in [6, 6.07) is 25.4. The van der Waals surface area contributed by atoms with E-state index in [1.54, 1.807) is 36.4 Å². The summed E-state index contributed by atoms with van der Waals surface area (Å²) in [6.07, 6.45) is 0.928. The molecule has 0 fully saturated rings. The molecule has 4 rings (SSSR count). The Bertz CT molecular complexity index is 1780. The zero-order chi connectivity index (χ0) is 33.4. The Morgan fingerprint density at radius 2 is 1.48 bits per heavy atom.